The average molecular weight is 221 g/mol. The fourth-order valence-corrected chi connectivity index (χ4v) is 1.79. The fraction of sp³-hybridized carbons (Fsp3) is 0.417. The van der Waals surface area contributed by atoms with E-state index in [2.05, 4.69) is 31.5 Å². The van der Waals surface area contributed by atoms with Crippen LogP contribution in [0, 0.1) is 5.92 Å². The molecule has 0 aromatic heterocycles. The van der Waals surface area contributed by atoms with E-state index in [-0.39, 0.29) is 6.04 Å². The Morgan fingerprint density at radius 2 is 2.13 bits per heavy atom. The maximum absolute atomic E-state index is 5.59. The molecular formula is C12H15NOS. The minimum Gasteiger partial charge on any atom is -0.475 e. The van der Waals surface area contributed by atoms with E-state index in [1.165, 1.54) is 0 Å². The number of aliphatic imine (C=N–C) groups is 1. The molecular weight excluding hydrogens is 206 g/mol. The molecule has 0 unspecified atom stereocenters. The van der Waals surface area contributed by atoms with Crippen LogP contribution in [0.15, 0.2) is 34.2 Å². The largest absolute Gasteiger partial charge is 0.475 e. The Kier molecular flexibility index (Phi) is 3.00. The van der Waals surface area contributed by atoms with Crippen molar-refractivity contribution in [1.29, 1.82) is 0 Å². The number of rotatable bonds is 2. The molecule has 0 aliphatic carbocycles. The molecule has 1 aliphatic heterocycles. The zero-order valence-corrected chi connectivity index (χ0v) is 9.87. The van der Waals surface area contributed by atoms with Gasteiger partial charge in [0.15, 0.2) is 0 Å². The number of nitrogens with zero attached hydrogens (tertiary/aromatic N) is 1. The van der Waals surface area contributed by atoms with E-state index in [1.807, 2.05) is 24.3 Å². The summed E-state index contributed by atoms with van der Waals surface area (Å²) in [6.07, 6.45) is 0. The summed E-state index contributed by atoms with van der Waals surface area (Å²) in [5.74, 6) is 1.26. The van der Waals surface area contributed by atoms with Gasteiger partial charge in [-0.3, -0.25) is 0 Å². The minimum atomic E-state index is 0.285. The highest BCUT2D eigenvalue weighted by atomic mass is 32.1. The summed E-state index contributed by atoms with van der Waals surface area (Å²) < 4.78 is 5.59. The van der Waals surface area contributed by atoms with Crippen molar-refractivity contribution >= 4 is 18.5 Å². The van der Waals surface area contributed by atoms with Crippen LogP contribution in [0.5, 0.6) is 0 Å². The molecule has 2 rings (SSSR count). The number of hydrogen-bond acceptors (Lipinski definition) is 3. The summed E-state index contributed by atoms with van der Waals surface area (Å²) in [4.78, 5) is 5.48. The Balaban J connectivity index is 2.27. The Labute approximate surface area is 95.8 Å². The van der Waals surface area contributed by atoms with Crippen molar-refractivity contribution in [2.45, 2.75) is 24.8 Å². The second-order valence-corrected chi connectivity index (χ2v) is 4.56. The lowest BCUT2D eigenvalue weighted by Gasteiger charge is -2.06. The highest BCUT2D eigenvalue weighted by molar-refractivity contribution is 7.80. The predicted molar refractivity (Wildman–Crippen MR) is 64.8 cm³/mol. The van der Waals surface area contributed by atoms with Gasteiger partial charge in [-0.2, -0.15) is 0 Å². The molecule has 3 heteroatoms. The molecule has 1 heterocycles. The third-order valence-corrected chi connectivity index (χ3v) is 2.97. The van der Waals surface area contributed by atoms with Crippen LogP contribution in [0.4, 0.5) is 0 Å². The Bertz CT molecular complexity index is 387. The monoisotopic (exact) mass is 221 g/mol. The van der Waals surface area contributed by atoms with E-state index in [1.54, 1.807) is 0 Å². The zero-order chi connectivity index (χ0) is 10.8. The molecule has 0 bridgehead atoms. The number of hydrogen-bond donors (Lipinski definition) is 1. The van der Waals surface area contributed by atoms with Crippen LogP contribution in [0.2, 0.25) is 0 Å². The highest BCUT2D eigenvalue weighted by Gasteiger charge is 2.23. The van der Waals surface area contributed by atoms with E-state index in [9.17, 15) is 0 Å². The van der Waals surface area contributed by atoms with Gasteiger partial charge in [0.25, 0.3) is 0 Å². The van der Waals surface area contributed by atoms with Gasteiger partial charge >= 0.3 is 0 Å². The van der Waals surface area contributed by atoms with E-state index in [4.69, 9.17) is 4.74 Å². The number of thiol groups is 1. The molecule has 0 spiro atoms. The lowest BCUT2D eigenvalue weighted by Crippen LogP contribution is -2.13. The molecule has 0 radical (unpaired) electrons. The van der Waals surface area contributed by atoms with Crippen LogP contribution in [0.3, 0.4) is 0 Å². The van der Waals surface area contributed by atoms with Crippen molar-refractivity contribution in [3.8, 4) is 0 Å². The molecule has 0 saturated heterocycles. The zero-order valence-electron chi connectivity index (χ0n) is 8.97. The molecule has 15 heavy (non-hydrogen) atoms. The van der Waals surface area contributed by atoms with Gasteiger partial charge in [-0.05, 0) is 18.1 Å². The molecule has 0 fully saturated rings. The van der Waals surface area contributed by atoms with Crippen molar-refractivity contribution < 1.29 is 4.74 Å². The van der Waals surface area contributed by atoms with Crippen molar-refractivity contribution in [2.75, 3.05) is 6.61 Å². The van der Waals surface area contributed by atoms with E-state index < -0.39 is 0 Å². The van der Waals surface area contributed by atoms with Gasteiger partial charge in [-0.25, -0.2) is 4.99 Å². The van der Waals surface area contributed by atoms with Crippen molar-refractivity contribution in [3.63, 3.8) is 0 Å². The van der Waals surface area contributed by atoms with E-state index in [0.29, 0.717) is 12.5 Å². The smallest absolute Gasteiger partial charge is 0.217 e. The summed E-state index contributed by atoms with van der Waals surface area (Å²) in [5.41, 5.74) is 0.990. The highest BCUT2D eigenvalue weighted by Crippen LogP contribution is 2.21. The van der Waals surface area contributed by atoms with Crippen molar-refractivity contribution in [2.24, 2.45) is 10.9 Å². The second kappa shape index (κ2) is 4.27. The van der Waals surface area contributed by atoms with E-state index in [0.717, 1.165) is 16.4 Å². The summed E-state index contributed by atoms with van der Waals surface area (Å²) in [5, 5.41) is 0. The average Bonchev–Trinajstić information content (AvgIpc) is 2.67. The van der Waals surface area contributed by atoms with Gasteiger partial charge in [0.05, 0.1) is 6.04 Å². The van der Waals surface area contributed by atoms with Crippen molar-refractivity contribution in [1.82, 2.24) is 0 Å². The van der Waals surface area contributed by atoms with Crippen LogP contribution in [0.1, 0.15) is 19.4 Å². The fourth-order valence-electron chi connectivity index (χ4n) is 1.53. The third kappa shape index (κ3) is 2.17. The topological polar surface area (TPSA) is 21.6 Å². The number of benzene rings is 1. The Morgan fingerprint density at radius 3 is 2.73 bits per heavy atom. The molecule has 1 atom stereocenters. The number of ether oxygens (including phenoxy) is 1. The molecule has 1 aliphatic rings. The third-order valence-electron chi connectivity index (χ3n) is 2.58. The quantitative estimate of drug-likeness (QED) is 0.762. The van der Waals surface area contributed by atoms with Crippen LogP contribution in [-0.4, -0.2) is 18.5 Å². The van der Waals surface area contributed by atoms with Gasteiger partial charge in [-0.1, -0.05) is 26.0 Å². The lowest BCUT2D eigenvalue weighted by atomic mass is 10.1. The first-order chi connectivity index (χ1) is 7.18. The summed E-state index contributed by atoms with van der Waals surface area (Å²) in [7, 11) is 0. The normalized spacial score (nSPS) is 20.3. The summed E-state index contributed by atoms with van der Waals surface area (Å²) in [6, 6.07) is 8.16. The van der Waals surface area contributed by atoms with Gasteiger partial charge in [0, 0.05) is 10.5 Å². The van der Waals surface area contributed by atoms with E-state index >= 15 is 0 Å². The second-order valence-electron chi connectivity index (χ2n) is 4.07. The Morgan fingerprint density at radius 1 is 1.40 bits per heavy atom. The SMILES string of the molecule is CC(C)[C@H]1COC(c2ccccc2S)=N1. The maximum atomic E-state index is 5.59. The van der Waals surface area contributed by atoms with Crippen LogP contribution in [-0.2, 0) is 4.74 Å². The molecule has 80 valence electrons. The van der Waals surface area contributed by atoms with Gasteiger partial charge < -0.3 is 4.74 Å². The lowest BCUT2D eigenvalue weighted by molar-refractivity contribution is 0.291. The van der Waals surface area contributed by atoms with Crippen LogP contribution >= 0.6 is 12.6 Å². The van der Waals surface area contributed by atoms with Crippen molar-refractivity contribution in [3.05, 3.63) is 29.8 Å². The minimum absolute atomic E-state index is 0.285. The first-order valence-electron chi connectivity index (χ1n) is 5.17. The molecule has 2 nitrogen and oxygen atoms in total. The summed E-state index contributed by atoms with van der Waals surface area (Å²) >= 11 is 4.39. The predicted octanol–water partition coefficient (Wildman–Crippen LogP) is 2.78. The standard InChI is InChI=1S/C12H15NOS/c1-8(2)10-7-14-12(13-10)9-5-3-4-6-11(9)15/h3-6,8,10,15H,7H2,1-2H3/t10-/m1/s1. The van der Waals surface area contributed by atoms with Gasteiger partial charge in [0.1, 0.15) is 6.61 Å². The molecule has 0 saturated carbocycles. The molecule has 1 aromatic rings. The first-order valence-corrected chi connectivity index (χ1v) is 5.62. The summed E-state index contributed by atoms with van der Waals surface area (Å²) in [6.45, 7) is 5.01. The van der Waals surface area contributed by atoms with Crippen LogP contribution < -0.4 is 0 Å². The first kappa shape index (κ1) is 10.6. The molecule has 1 aromatic carbocycles. The van der Waals surface area contributed by atoms with Gasteiger partial charge in [-0.15, -0.1) is 12.6 Å². The molecule has 0 N–H and O–H groups in total. The molecule has 0 amide bonds. The Hall–Kier alpha value is -0.960. The van der Waals surface area contributed by atoms with Crippen LogP contribution in [0.25, 0.3) is 0 Å². The van der Waals surface area contributed by atoms with Gasteiger partial charge in [0.2, 0.25) is 5.90 Å². The maximum Gasteiger partial charge on any atom is 0.217 e.